The first-order valence-corrected chi connectivity index (χ1v) is 11.8. The summed E-state index contributed by atoms with van der Waals surface area (Å²) in [7, 11) is -0.350. The number of imidazole rings is 1. The van der Waals surface area contributed by atoms with Gasteiger partial charge in [0.2, 0.25) is 10.0 Å². The van der Waals surface area contributed by atoms with Crippen LogP contribution in [-0.4, -0.2) is 53.4 Å². The van der Waals surface area contributed by atoms with Gasteiger partial charge in [-0.05, 0) is 50.8 Å². The maximum absolute atomic E-state index is 12.5. The van der Waals surface area contributed by atoms with Crippen LogP contribution in [0.1, 0.15) is 52.8 Å². The molecule has 2 atom stereocenters. The summed E-state index contributed by atoms with van der Waals surface area (Å²) in [6.45, 7) is 10.7. The molecule has 2 aromatic rings. The predicted molar refractivity (Wildman–Crippen MR) is 114 cm³/mol. The van der Waals surface area contributed by atoms with Gasteiger partial charge in [0.15, 0.2) is 0 Å². The number of benzene rings is 1. The number of hydrogen-bond donors (Lipinski definition) is 0. The highest BCUT2D eigenvalue weighted by atomic mass is 32.2. The SMILES string of the molecule is CCC(C)C(C)N(Cc1nc2cc(S(=O)(=O)N(C)C)ccc2n1CC)C1CC1. The molecule has 28 heavy (non-hydrogen) atoms. The van der Waals surface area contributed by atoms with Crippen LogP contribution in [0.3, 0.4) is 0 Å². The van der Waals surface area contributed by atoms with E-state index in [2.05, 4.69) is 37.2 Å². The van der Waals surface area contributed by atoms with E-state index in [4.69, 9.17) is 4.98 Å². The Morgan fingerprint density at radius 2 is 1.89 bits per heavy atom. The maximum atomic E-state index is 12.5. The van der Waals surface area contributed by atoms with Crippen molar-refractivity contribution in [2.75, 3.05) is 14.1 Å². The number of sulfonamides is 1. The molecule has 0 bridgehead atoms. The third kappa shape index (κ3) is 3.98. The Hall–Kier alpha value is -1.44. The van der Waals surface area contributed by atoms with E-state index in [0.29, 0.717) is 22.9 Å². The van der Waals surface area contributed by atoms with Crippen molar-refractivity contribution in [1.29, 1.82) is 0 Å². The van der Waals surface area contributed by atoms with Gasteiger partial charge in [0, 0.05) is 32.7 Å². The van der Waals surface area contributed by atoms with Crippen LogP contribution in [0.4, 0.5) is 0 Å². The Balaban J connectivity index is 1.99. The van der Waals surface area contributed by atoms with E-state index in [1.54, 1.807) is 26.2 Å². The standard InChI is InChI=1S/C21H34N4O2S/c1-7-15(3)16(4)25(17-9-10-17)14-21-22-19-13-18(28(26,27)23(5)6)11-12-20(19)24(21)8-2/h11-13,15-17H,7-10,14H2,1-6H3. The molecule has 0 aliphatic heterocycles. The van der Waals surface area contributed by atoms with Gasteiger partial charge < -0.3 is 4.57 Å². The largest absolute Gasteiger partial charge is 0.327 e. The van der Waals surface area contributed by atoms with E-state index in [-0.39, 0.29) is 0 Å². The average Bonchev–Trinajstić information content (AvgIpc) is 3.45. The smallest absolute Gasteiger partial charge is 0.242 e. The summed E-state index contributed by atoms with van der Waals surface area (Å²) in [5.41, 5.74) is 1.76. The highest BCUT2D eigenvalue weighted by Gasteiger charge is 2.34. The second-order valence-corrected chi connectivity index (χ2v) is 10.4. The van der Waals surface area contributed by atoms with Gasteiger partial charge in [0.25, 0.3) is 0 Å². The zero-order valence-electron chi connectivity index (χ0n) is 18.0. The van der Waals surface area contributed by atoms with Crippen molar-refractivity contribution in [3.05, 3.63) is 24.0 Å². The first-order valence-electron chi connectivity index (χ1n) is 10.4. The molecule has 1 fully saturated rings. The summed E-state index contributed by atoms with van der Waals surface area (Å²) in [4.78, 5) is 7.76. The van der Waals surface area contributed by atoms with Crippen molar-refractivity contribution >= 4 is 21.1 Å². The third-order valence-electron chi connectivity index (χ3n) is 6.22. The van der Waals surface area contributed by atoms with E-state index in [1.807, 2.05) is 6.07 Å². The van der Waals surface area contributed by atoms with Crippen molar-refractivity contribution in [3.8, 4) is 0 Å². The molecule has 156 valence electrons. The van der Waals surface area contributed by atoms with Gasteiger partial charge in [0.05, 0.1) is 22.5 Å². The number of fused-ring (bicyclic) bond motifs is 1. The minimum Gasteiger partial charge on any atom is -0.327 e. The topological polar surface area (TPSA) is 58.4 Å². The molecule has 3 rings (SSSR count). The van der Waals surface area contributed by atoms with Gasteiger partial charge in [-0.3, -0.25) is 4.90 Å². The molecular weight excluding hydrogens is 372 g/mol. The van der Waals surface area contributed by atoms with Crippen molar-refractivity contribution in [1.82, 2.24) is 18.8 Å². The molecule has 1 aromatic heterocycles. The number of aryl methyl sites for hydroxylation is 1. The zero-order chi connectivity index (χ0) is 20.6. The van der Waals surface area contributed by atoms with E-state index < -0.39 is 10.0 Å². The Labute approximate surface area is 169 Å². The summed E-state index contributed by atoms with van der Waals surface area (Å²) in [6.07, 6.45) is 3.69. The molecular formula is C21H34N4O2S. The van der Waals surface area contributed by atoms with Crippen LogP contribution in [0.2, 0.25) is 0 Å². The fourth-order valence-corrected chi connectivity index (χ4v) is 4.77. The lowest BCUT2D eigenvalue weighted by Crippen LogP contribution is -2.39. The minimum atomic E-state index is -3.46. The fourth-order valence-electron chi connectivity index (χ4n) is 3.85. The van der Waals surface area contributed by atoms with Crippen LogP contribution in [0, 0.1) is 5.92 Å². The van der Waals surface area contributed by atoms with Crippen LogP contribution in [0.5, 0.6) is 0 Å². The van der Waals surface area contributed by atoms with E-state index in [1.165, 1.54) is 23.6 Å². The van der Waals surface area contributed by atoms with Crippen LogP contribution in [0.15, 0.2) is 23.1 Å². The predicted octanol–water partition coefficient (Wildman–Crippen LogP) is 3.71. The van der Waals surface area contributed by atoms with Crippen LogP contribution in [-0.2, 0) is 23.1 Å². The summed E-state index contributed by atoms with van der Waals surface area (Å²) in [6, 6.07) is 6.45. The quantitative estimate of drug-likeness (QED) is 0.637. The summed E-state index contributed by atoms with van der Waals surface area (Å²) in [5.74, 6) is 1.66. The monoisotopic (exact) mass is 406 g/mol. The molecule has 1 heterocycles. The number of rotatable bonds is 9. The Kier molecular flexibility index (Phi) is 6.17. The lowest BCUT2D eigenvalue weighted by molar-refractivity contribution is 0.136. The Morgan fingerprint density at radius 3 is 2.43 bits per heavy atom. The van der Waals surface area contributed by atoms with Gasteiger partial charge in [-0.2, -0.15) is 0 Å². The Morgan fingerprint density at radius 1 is 1.21 bits per heavy atom. The second kappa shape index (κ2) is 8.13. The third-order valence-corrected chi connectivity index (χ3v) is 8.04. The summed E-state index contributed by atoms with van der Waals surface area (Å²) >= 11 is 0. The molecule has 0 spiro atoms. The number of aromatic nitrogens is 2. The zero-order valence-corrected chi connectivity index (χ0v) is 18.8. The van der Waals surface area contributed by atoms with E-state index in [9.17, 15) is 8.42 Å². The highest BCUT2D eigenvalue weighted by Crippen LogP contribution is 2.33. The van der Waals surface area contributed by atoms with Gasteiger partial charge in [-0.1, -0.05) is 20.3 Å². The number of hydrogen-bond acceptors (Lipinski definition) is 4. The molecule has 0 N–H and O–H groups in total. The fraction of sp³-hybridized carbons (Fsp3) is 0.667. The molecule has 1 aliphatic rings. The van der Waals surface area contributed by atoms with Crippen molar-refractivity contribution in [3.63, 3.8) is 0 Å². The first kappa shape index (κ1) is 21.3. The normalized spacial score (nSPS) is 17.6. The van der Waals surface area contributed by atoms with Crippen LogP contribution >= 0.6 is 0 Å². The summed E-state index contributed by atoms with van der Waals surface area (Å²) in [5, 5.41) is 0. The van der Waals surface area contributed by atoms with Gasteiger partial charge in [0.1, 0.15) is 5.82 Å². The molecule has 1 aliphatic carbocycles. The highest BCUT2D eigenvalue weighted by molar-refractivity contribution is 7.89. The van der Waals surface area contributed by atoms with E-state index in [0.717, 1.165) is 29.9 Å². The average molecular weight is 407 g/mol. The molecule has 2 unspecified atom stereocenters. The number of nitrogens with zero attached hydrogens (tertiary/aromatic N) is 4. The van der Waals surface area contributed by atoms with Crippen LogP contribution < -0.4 is 0 Å². The van der Waals surface area contributed by atoms with Gasteiger partial charge in [-0.15, -0.1) is 0 Å². The summed E-state index contributed by atoms with van der Waals surface area (Å²) < 4.78 is 28.5. The van der Waals surface area contributed by atoms with Crippen molar-refractivity contribution in [2.24, 2.45) is 5.92 Å². The van der Waals surface area contributed by atoms with Gasteiger partial charge in [-0.25, -0.2) is 17.7 Å². The Bertz CT molecular complexity index is 931. The maximum Gasteiger partial charge on any atom is 0.242 e. The van der Waals surface area contributed by atoms with E-state index >= 15 is 0 Å². The lowest BCUT2D eigenvalue weighted by Gasteiger charge is -2.33. The molecule has 0 amide bonds. The molecule has 6 nitrogen and oxygen atoms in total. The van der Waals surface area contributed by atoms with Crippen molar-refractivity contribution in [2.45, 2.75) is 77.0 Å². The van der Waals surface area contributed by atoms with Crippen molar-refractivity contribution < 1.29 is 8.42 Å². The molecule has 7 heteroatoms. The minimum absolute atomic E-state index is 0.296. The lowest BCUT2D eigenvalue weighted by atomic mass is 9.99. The second-order valence-electron chi connectivity index (χ2n) is 8.24. The molecule has 1 saturated carbocycles. The molecule has 0 saturated heterocycles. The molecule has 1 aromatic carbocycles. The van der Waals surface area contributed by atoms with Gasteiger partial charge >= 0.3 is 0 Å². The molecule has 0 radical (unpaired) electrons. The first-order chi connectivity index (χ1) is 13.2. The van der Waals surface area contributed by atoms with Crippen LogP contribution in [0.25, 0.3) is 11.0 Å².